The maximum Gasteiger partial charge on any atom is 0.435 e. The summed E-state index contributed by atoms with van der Waals surface area (Å²) in [6.07, 6.45) is -14.0. The summed E-state index contributed by atoms with van der Waals surface area (Å²) in [6.45, 7) is 0. The first kappa shape index (κ1) is 24.7. The van der Waals surface area contributed by atoms with E-state index in [-0.39, 0.29) is 22.0 Å². The van der Waals surface area contributed by atoms with Crippen LogP contribution in [0.3, 0.4) is 0 Å². The van der Waals surface area contributed by atoms with E-state index < -0.39 is 52.5 Å². The molecule has 35 heavy (non-hydrogen) atoms. The highest BCUT2D eigenvalue weighted by molar-refractivity contribution is 6.33. The topological polar surface area (TPSA) is 56.5 Å². The van der Waals surface area contributed by atoms with E-state index in [1.165, 1.54) is 7.05 Å². The van der Waals surface area contributed by atoms with E-state index in [0.29, 0.717) is 24.4 Å². The van der Waals surface area contributed by atoms with Gasteiger partial charge >= 0.3 is 18.5 Å². The van der Waals surface area contributed by atoms with Gasteiger partial charge in [0.25, 0.3) is 0 Å². The second kappa shape index (κ2) is 8.07. The molecule has 4 rings (SSSR count). The lowest BCUT2D eigenvalue weighted by Gasteiger charge is -2.10. The third kappa shape index (κ3) is 4.61. The van der Waals surface area contributed by atoms with Gasteiger partial charge in [-0.05, 0) is 30.3 Å². The molecule has 0 fully saturated rings. The van der Waals surface area contributed by atoms with Crippen LogP contribution in [0.1, 0.15) is 17.0 Å². The Hall–Kier alpha value is -3.42. The highest BCUT2D eigenvalue weighted by Crippen LogP contribution is 2.39. The molecule has 0 aliphatic rings. The average molecular weight is 526 g/mol. The van der Waals surface area contributed by atoms with Crippen molar-refractivity contribution >= 4 is 22.8 Å². The van der Waals surface area contributed by atoms with Crippen molar-refractivity contribution in [3.05, 3.63) is 58.5 Å². The van der Waals surface area contributed by atoms with E-state index in [4.69, 9.17) is 11.6 Å². The Kier molecular flexibility index (Phi) is 5.69. The monoisotopic (exact) mass is 525 g/mol. The Labute approximate surface area is 194 Å². The van der Waals surface area contributed by atoms with Crippen molar-refractivity contribution in [3.63, 3.8) is 0 Å². The van der Waals surface area contributed by atoms with Crippen molar-refractivity contribution in [2.24, 2.45) is 7.05 Å². The summed E-state index contributed by atoms with van der Waals surface area (Å²) < 4.78 is 120. The molecule has 0 radical (unpaired) electrons. The van der Waals surface area contributed by atoms with E-state index in [1.54, 1.807) is 0 Å². The normalized spacial score (nSPS) is 13.0. The van der Waals surface area contributed by atoms with Gasteiger partial charge in [-0.2, -0.15) is 39.5 Å². The Morgan fingerprint density at radius 3 is 2.03 bits per heavy atom. The van der Waals surface area contributed by atoms with Crippen LogP contribution < -0.4 is 0 Å². The second-order valence-electron chi connectivity index (χ2n) is 7.18. The molecule has 0 amide bonds. The first-order valence-electron chi connectivity index (χ1n) is 9.30. The highest BCUT2D eigenvalue weighted by Gasteiger charge is 2.39. The summed E-state index contributed by atoms with van der Waals surface area (Å²) in [7, 11) is 1.20. The zero-order valence-corrected chi connectivity index (χ0v) is 17.7. The van der Waals surface area contributed by atoms with Crippen molar-refractivity contribution in [3.8, 4) is 22.8 Å². The molecule has 0 spiro atoms. The third-order valence-electron chi connectivity index (χ3n) is 4.83. The summed E-state index contributed by atoms with van der Waals surface area (Å²) in [4.78, 5) is 14.4. The molecule has 4 aromatic rings. The lowest BCUT2D eigenvalue weighted by molar-refractivity contribution is -0.141. The van der Waals surface area contributed by atoms with Gasteiger partial charge in [-0.25, -0.2) is 15.0 Å². The number of aryl methyl sites for hydroxylation is 1. The van der Waals surface area contributed by atoms with Crippen LogP contribution in [0, 0.1) is 0 Å². The molecule has 0 aliphatic carbocycles. The highest BCUT2D eigenvalue weighted by atomic mass is 35.5. The number of halogens is 10. The summed E-state index contributed by atoms with van der Waals surface area (Å²) >= 11 is 6.01. The molecule has 184 valence electrons. The molecule has 0 unspecified atom stereocenters. The van der Waals surface area contributed by atoms with Crippen molar-refractivity contribution in [2.75, 3.05) is 0 Å². The predicted molar refractivity (Wildman–Crippen MR) is 105 cm³/mol. The van der Waals surface area contributed by atoms with Crippen LogP contribution in [0.5, 0.6) is 0 Å². The number of nitrogens with zero attached hydrogens (tertiary/aromatic N) is 5. The molecular weight excluding hydrogens is 517 g/mol. The van der Waals surface area contributed by atoms with E-state index in [9.17, 15) is 39.5 Å². The fourth-order valence-electron chi connectivity index (χ4n) is 3.20. The fraction of sp³-hybridized carbons (Fsp3) is 0.200. The summed E-state index contributed by atoms with van der Waals surface area (Å²) in [5.41, 5.74) is -5.72. The molecule has 0 atom stereocenters. The van der Waals surface area contributed by atoms with Crippen LogP contribution in [-0.2, 0) is 25.6 Å². The molecule has 0 saturated heterocycles. The number of hydrogen-bond acceptors (Lipinski definition) is 4. The zero-order chi connectivity index (χ0) is 25.9. The molecule has 3 heterocycles. The van der Waals surface area contributed by atoms with Crippen LogP contribution in [0.2, 0.25) is 5.02 Å². The molecule has 15 heteroatoms. The maximum atomic E-state index is 13.8. The fourth-order valence-corrected chi connectivity index (χ4v) is 3.40. The number of imidazole rings is 1. The van der Waals surface area contributed by atoms with Crippen LogP contribution in [0.25, 0.3) is 33.9 Å². The number of rotatable bonds is 2. The summed E-state index contributed by atoms with van der Waals surface area (Å²) in [6, 6.07) is 3.65. The lowest BCUT2D eigenvalue weighted by Crippen LogP contribution is -2.12. The number of hydrogen-bond donors (Lipinski definition) is 0. The minimum absolute atomic E-state index is 0.218. The van der Waals surface area contributed by atoms with Gasteiger partial charge in [-0.1, -0.05) is 11.6 Å². The van der Waals surface area contributed by atoms with Crippen LogP contribution in [0.15, 0.2) is 36.5 Å². The maximum absolute atomic E-state index is 13.8. The Balaban J connectivity index is 1.95. The first-order valence-corrected chi connectivity index (χ1v) is 9.67. The van der Waals surface area contributed by atoms with Gasteiger partial charge in [-0.15, -0.1) is 0 Å². The minimum Gasteiger partial charge on any atom is -0.312 e. The number of alkyl halides is 9. The number of fused-ring (bicyclic) bond motifs is 1. The molecular formula is C20H9ClF9N5. The SMILES string of the molecule is Cn1c(-c2cc(C(F)(F)F)ccc2Cl)nc2c(C(F)(F)F)nc(-c3ccc(C(F)(F)F)nc3)nc21. The Morgan fingerprint density at radius 1 is 0.800 bits per heavy atom. The van der Waals surface area contributed by atoms with Crippen LogP contribution in [0.4, 0.5) is 39.5 Å². The van der Waals surface area contributed by atoms with Gasteiger partial charge in [0.2, 0.25) is 0 Å². The van der Waals surface area contributed by atoms with Crippen LogP contribution in [-0.4, -0.2) is 24.5 Å². The second-order valence-corrected chi connectivity index (χ2v) is 7.59. The lowest BCUT2D eigenvalue weighted by atomic mass is 10.1. The largest absolute Gasteiger partial charge is 0.435 e. The predicted octanol–water partition coefficient (Wildman–Crippen LogP) is 6.80. The third-order valence-corrected chi connectivity index (χ3v) is 5.16. The van der Waals surface area contributed by atoms with Gasteiger partial charge in [0.05, 0.1) is 10.6 Å². The molecule has 1 aromatic carbocycles. The van der Waals surface area contributed by atoms with Crippen molar-refractivity contribution in [2.45, 2.75) is 18.5 Å². The molecule has 3 aromatic heterocycles. The van der Waals surface area contributed by atoms with E-state index in [1.807, 2.05) is 0 Å². The van der Waals surface area contributed by atoms with E-state index >= 15 is 0 Å². The smallest absolute Gasteiger partial charge is 0.312 e. The molecule has 0 aliphatic heterocycles. The quantitative estimate of drug-likeness (QED) is 0.270. The molecule has 0 saturated carbocycles. The molecule has 0 bridgehead atoms. The summed E-state index contributed by atoms with van der Waals surface area (Å²) in [5.74, 6) is -0.977. The van der Waals surface area contributed by atoms with Gasteiger partial charge < -0.3 is 4.57 Å². The van der Waals surface area contributed by atoms with Crippen LogP contribution >= 0.6 is 11.6 Å². The van der Waals surface area contributed by atoms with Gasteiger partial charge in [0.1, 0.15) is 17.0 Å². The Bertz CT molecular complexity index is 1420. The van der Waals surface area contributed by atoms with Gasteiger partial charge in [-0.3, -0.25) is 4.98 Å². The number of aromatic nitrogens is 5. The first-order chi connectivity index (χ1) is 16.1. The number of pyridine rings is 1. The zero-order valence-electron chi connectivity index (χ0n) is 17.0. The van der Waals surface area contributed by atoms with E-state index in [2.05, 4.69) is 19.9 Å². The molecule has 5 nitrogen and oxygen atoms in total. The minimum atomic E-state index is -5.08. The summed E-state index contributed by atoms with van der Waals surface area (Å²) in [5, 5.41) is -0.218. The van der Waals surface area contributed by atoms with Crippen molar-refractivity contribution in [1.29, 1.82) is 0 Å². The number of benzene rings is 1. The van der Waals surface area contributed by atoms with Gasteiger partial charge in [0, 0.05) is 24.4 Å². The molecule has 0 N–H and O–H groups in total. The Morgan fingerprint density at radius 2 is 1.49 bits per heavy atom. The van der Waals surface area contributed by atoms with Crippen molar-refractivity contribution in [1.82, 2.24) is 24.5 Å². The van der Waals surface area contributed by atoms with E-state index in [0.717, 1.165) is 16.7 Å². The van der Waals surface area contributed by atoms with Crippen molar-refractivity contribution < 1.29 is 39.5 Å². The standard InChI is InChI=1S/C20H9ClF9N5/c1-35-16(10-6-9(18(22,23)24)3-4-11(10)21)32-13-14(20(28,29)30)33-15(34-17(13)35)8-2-5-12(31-7-8)19(25,26)27/h2-7H,1H3. The van der Waals surface area contributed by atoms with Gasteiger partial charge in [0.15, 0.2) is 17.2 Å². The average Bonchev–Trinajstić information content (AvgIpc) is 3.07.